The molecule has 0 aliphatic heterocycles. The van der Waals surface area contributed by atoms with Gasteiger partial charge in [-0.3, -0.25) is 4.79 Å². The van der Waals surface area contributed by atoms with E-state index < -0.39 is 5.82 Å². The van der Waals surface area contributed by atoms with E-state index in [0.717, 1.165) is 11.5 Å². The van der Waals surface area contributed by atoms with Gasteiger partial charge in [-0.25, -0.2) is 4.39 Å². The summed E-state index contributed by atoms with van der Waals surface area (Å²) in [6.07, 6.45) is 0.144. The summed E-state index contributed by atoms with van der Waals surface area (Å²) in [5, 5.41) is 5.26. The molecule has 0 unspecified atom stereocenters. The second-order valence-corrected chi connectivity index (χ2v) is 4.16. The molecule has 2 rings (SSSR count). The predicted molar refractivity (Wildman–Crippen MR) is 59.4 cm³/mol. The molecular formula is C10H6ClFN2OS. The molecule has 0 fully saturated rings. The Hall–Kier alpha value is -1.33. The first-order valence-corrected chi connectivity index (χ1v) is 5.62. The van der Waals surface area contributed by atoms with E-state index in [9.17, 15) is 9.18 Å². The Kier molecular flexibility index (Phi) is 3.26. The SMILES string of the molecule is O=C(Cc1ccc(F)c(Cl)c1)c1csnn1. The van der Waals surface area contributed by atoms with Crippen molar-refractivity contribution in [1.29, 1.82) is 0 Å². The molecule has 1 aromatic heterocycles. The molecule has 1 heterocycles. The fourth-order valence-electron chi connectivity index (χ4n) is 1.21. The zero-order chi connectivity index (χ0) is 11.5. The van der Waals surface area contributed by atoms with Crippen LogP contribution in [0, 0.1) is 5.82 Å². The van der Waals surface area contributed by atoms with Crippen LogP contribution in [-0.4, -0.2) is 15.4 Å². The normalized spacial score (nSPS) is 10.4. The van der Waals surface area contributed by atoms with Crippen molar-refractivity contribution in [2.45, 2.75) is 6.42 Å². The molecule has 2 aromatic rings. The maximum atomic E-state index is 12.9. The number of ketones is 1. The molecular weight excluding hydrogens is 251 g/mol. The van der Waals surface area contributed by atoms with Crippen molar-refractivity contribution >= 4 is 28.9 Å². The second-order valence-electron chi connectivity index (χ2n) is 3.14. The smallest absolute Gasteiger partial charge is 0.188 e. The summed E-state index contributed by atoms with van der Waals surface area (Å²) < 4.78 is 16.5. The minimum atomic E-state index is -0.492. The van der Waals surface area contributed by atoms with Crippen LogP contribution in [0.5, 0.6) is 0 Å². The van der Waals surface area contributed by atoms with Crippen LogP contribution < -0.4 is 0 Å². The molecule has 0 atom stereocenters. The first-order chi connectivity index (χ1) is 7.66. The van der Waals surface area contributed by atoms with Crippen molar-refractivity contribution in [2.24, 2.45) is 0 Å². The largest absolute Gasteiger partial charge is 0.292 e. The van der Waals surface area contributed by atoms with E-state index in [0.29, 0.717) is 11.3 Å². The number of rotatable bonds is 3. The van der Waals surface area contributed by atoms with Crippen molar-refractivity contribution in [3.63, 3.8) is 0 Å². The van der Waals surface area contributed by atoms with Gasteiger partial charge in [0.2, 0.25) is 0 Å². The molecule has 0 bridgehead atoms. The number of aromatic nitrogens is 2. The number of nitrogens with zero attached hydrogens (tertiary/aromatic N) is 2. The minimum absolute atomic E-state index is 0.0155. The van der Waals surface area contributed by atoms with Crippen molar-refractivity contribution in [2.75, 3.05) is 0 Å². The standard InChI is InChI=1S/C10H6ClFN2OS/c11-7-3-6(1-2-8(7)12)4-10(15)9-5-16-14-13-9/h1-3,5H,4H2. The molecule has 1 aromatic carbocycles. The summed E-state index contributed by atoms with van der Waals surface area (Å²) in [6.45, 7) is 0. The van der Waals surface area contributed by atoms with E-state index >= 15 is 0 Å². The van der Waals surface area contributed by atoms with Gasteiger partial charge >= 0.3 is 0 Å². The summed E-state index contributed by atoms with van der Waals surface area (Å²) in [6, 6.07) is 4.21. The van der Waals surface area contributed by atoms with Crippen LogP contribution in [0.25, 0.3) is 0 Å². The number of hydrogen-bond donors (Lipinski definition) is 0. The number of Topliss-reactive ketones (excluding diaryl/α,β-unsaturated/α-hetero) is 1. The minimum Gasteiger partial charge on any atom is -0.292 e. The molecule has 0 aliphatic rings. The fourth-order valence-corrected chi connectivity index (χ4v) is 1.88. The molecule has 0 aliphatic carbocycles. The van der Waals surface area contributed by atoms with Crippen molar-refractivity contribution < 1.29 is 9.18 Å². The molecule has 0 radical (unpaired) electrons. The maximum Gasteiger partial charge on any atom is 0.188 e. The average Bonchev–Trinajstić information content (AvgIpc) is 2.77. The quantitative estimate of drug-likeness (QED) is 0.793. The monoisotopic (exact) mass is 256 g/mol. The molecule has 16 heavy (non-hydrogen) atoms. The lowest BCUT2D eigenvalue weighted by molar-refractivity contribution is 0.0988. The average molecular weight is 257 g/mol. The molecule has 0 saturated carbocycles. The Balaban J connectivity index is 2.15. The van der Waals surface area contributed by atoms with Gasteiger partial charge in [0.05, 0.1) is 5.02 Å². The summed E-state index contributed by atoms with van der Waals surface area (Å²) in [7, 11) is 0. The van der Waals surface area contributed by atoms with Crippen LogP contribution in [0.4, 0.5) is 4.39 Å². The highest BCUT2D eigenvalue weighted by Gasteiger charge is 2.11. The first kappa shape index (κ1) is 11.2. The van der Waals surface area contributed by atoms with Crippen LogP contribution in [0.3, 0.4) is 0 Å². The lowest BCUT2D eigenvalue weighted by atomic mass is 10.1. The van der Waals surface area contributed by atoms with Gasteiger partial charge < -0.3 is 0 Å². The molecule has 3 nitrogen and oxygen atoms in total. The van der Waals surface area contributed by atoms with Crippen LogP contribution >= 0.6 is 23.1 Å². The number of hydrogen-bond acceptors (Lipinski definition) is 4. The Bertz CT molecular complexity index is 516. The van der Waals surface area contributed by atoms with Gasteiger partial charge in [-0.1, -0.05) is 22.2 Å². The zero-order valence-corrected chi connectivity index (χ0v) is 9.56. The van der Waals surface area contributed by atoms with Gasteiger partial charge in [0, 0.05) is 11.8 Å². The van der Waals surface area contributed by atoms with E-state index in [-0.39, 0.29) is 17.2 Å². The summed E-state index contributed by atoms with van der Waals surface area (Å²) in [4.78, 5) is 11.6. The van der Waals surface area contributed by atoms with Gasteiger partial charge in [-0.2, -0.15) is 0 Å². The van der Waals surface area contributed by atoms with Crippen LogP contribution in [0.15, 0.2) is 23.6 Å². The Morgan fingerprint density at radius 1 is 1.50 bits per heavy atom. The summed E-state index contributed by atoms with van der Waals surface area (Å²) in [5.41, 5.74) is 0.981. The van der Waals surface area contributed by atoms with Gasteiger partial charge in [-0.15, -0.1) is 5.10 Å². The van der Waals surface area contributed by atoms with Crippen molar-refractivity contribution in [3.8, 4) is 0 Å². The number of carbonyl (C=O) groups is 1. The van der Waals surface area contributed by atoms with Gasteiger partial charge in [0.15, 0.2) is 5.78 Å². The molecule has 82 valence electrons. The Labute approximate surface area is 100 Å². The van der Waals surface area contributed by atoms with Crippen LogP contribution in [0.1, 0.15) is 16.1 Å². The number of benzene rings is 1. The Morgan fingerprint density at radius 3 is 2.94 bits per heavy atom. The van der Waals surface area contributed by atoms with Gasteiger partial charge in [-0.05, 0) is 29.2 Å². The van der Waals surface area contributed by atoms with E-state index in [1.807, 2.05) is 0 Å². The molecule has 0 amide bonds. The van der Waals surface area contributed by atoms with Gasteiger partial charge in [0.1, 0.15) is 11.5 Å². The lowest BCUT2D eigenvalue weighted by Gasteiger charge is -2.00. The highest BCUT2D eigenvalue weighted by atomic mass is 35.5. The Morgan fingerprint density at radius 2 is 2.31 bits per heavy atom. The molecule has 0 spiro atoms. The van der Waals surface area contributed by atoms with E-state index in [1.165, 1.54) is 18.2 Å². The van der Waals surface area contributed by atoms with Crippen LogP contribution in [0.2, 0.25) is 5.02 Å². The lowest BCUT2D eigenvalue weighted by Crippen LogP contribution is -2.04. The third kappa shape index (κ3) is 2.43. The number of carbonyl (C=O) groups excluding carboxylic acids is 1. The first-order valence-electron chi connectivity index (χ1n) is 4.41. The van der Waals surface area contributed by atoms with E-state index in [1.54, 1.807) is 5.38 Å². The fraction of sp³-hybridized carbons (Fsp3) is 0.100. The summed E-state index contributed by atoms with van der Waals surface area (Å²) >= 11 is 6.73. The van der Waals surface area contributed by atoms with Gasteiger partial charge in [0.25, 0.3) is 0 Å². The van der Waals surface area contributed by atoms with E-state index in [2.05, 4.69) is 9.59 Å². The van der Waals surface area contributed by atoms with Crippen molar-refractivity contribution in [1.82, 2.24) is 9.59 Å². The molecule has 0 saturated heterocycles. The third-order valence-electron chi connectivity index (χ3n) is 1.99. The highest BCUT2D eigenvalue weighted by molar-refractivity contribution is 7.03. The van der Waals surface area contributed by atoms with Crippen molar-refractivity contribution in [3.05, 3.63) is 45.7 Å². The zero-order valence-electron chi connectivity index (χ0n) is 7.98. The summed E-state index contributed by atoms with van der Waals surface area (Å²) in [5.74, 6) is -0.649. The molecule has 6 heteroatoms. The maximum absolute atomic E-state index is 12.9. The van der Waals surface area contributed by atoms with E-state index in [4.69, 9.17) is 11.6 Å². The third-order valence-corrected chi connectivity index (χ3v) is 2.79. The topological polar surface area (TPSA) is 42.9 Å². The predicted octanol–water partition coefficient (Wildman–Crippen LogP) is 2.76. The highest BCUT2D eigenvalue weighted by Crippen LogP contribution is 2.17. The second kappa shape index (κ2) is 4.67. The number of halogens is 2. The molecule has 0 N–H and O–H groups in total. The van der Waals surface area contributed by atoms with Crippen LogP contribution in [-0.2, 0) is 6.42 Å².